The highest BCUT2D eigenvalue weighted by atomic mass is 32.2. The van der Waals surface area contributed by atoms with Crippen LogP contribution in [0.4, 0.5) is 5.69 Å². The van der Waals surface area contributed by atoms with E-state index in [-0.39, 0.29) is 12.0 Å². The summed E-state index contributed by atoms with van der Waals surface area (Å²) in [5, 5.41) is 3.62. The molecular formula is C14H18N4O2S. The van der Waals surface area contributed by atoms with Gasteiger partial charge < -0.3 is 20.8 Å². The fourth-order valence-corrected chi connectivity index (χ4v) is 3.01. The Morgan fingerprint density at radius 2 is 2.48 bits per heavy atom. The van der Waals surface area contributed by atoms with Crippen LogP contribution in [0, 0.1) is 0 Å². The largest absolute Gasteiger partial charge is 0.399 e. The minimum absolute atomic E-state index is 0.00419. The molecule has 4 N–H and O–H groups in total. The van der Waals surface area contributed by atoms with Crippen LogP contribution in [0.3, 0.4) is 0 Å². The molecule has 1 fully saturated rings. The first kappa shape index (κ1) is 14.2. The molecule has 0 aliphatic carbocycles. The second-order valence-corrected chi connectivity index (χ2v) is 6.01. The third-order valence-electron chi connectivity index (χ3n) is 3.38. The number of amides is 1. The van der Waals surface area contributed by atoms with Gasteiger partial charge in [0, 0.05) is 18.8 Å². The number of benzene rings is 1. The van der Waals surface area contributed by atoms with Crippen LogP contribution in [0.1, 0.15) is 12.8 Å². The maximum absolute atomic E-state index is 11.8. The fourth-order valence-electron chi connectivity index (χ4n) is 2.29. The van der Waals surface area contributed by atoms with Crippen molar-refractivity contribution in [3.8, 4) is 0 Å². The molecule has 0 saturated carbocycles. The van der Waals surface area contributed by atoms with Crippen molar-refractivity contribution in [2.75, 3.05) is 24.6 Å². The van der Waals surface area contributed by atoms with E-state index in [4.69, 9.17) is 10.5 Å². The fraction of sp³-hybridized carbons (Fsp3) is 0.429. The van der Waals surface area contributed by atoms with Gasteiger partial charge in [-0.3, -0.25) is 4.79 Å². The molecule has 0 bridgehead atoms. The molecule has 1 saturated heterocycles. The van der Waals surface area contributed by atoms with Crippen LogP contribution in [0.25, 0.3) is 11.0 Å². The Labute approximate surface area is 126 Å². The Balaban J connectivity index is 1.49. The first-order valence-corrected chi connectivity index (χ1v) is 7.95. The number of nitrogens with two attached hydrogens (primary N) is 1. The van der Waals surface area contributed by atoms with Gasteiger partial charge in [0.05, 0.1) is 22.9 Å². The number of ether oxygens (including phenoxy) is 1. The highest BCUT2D eigenvalue weighted by Gasteiger charge is 2.16. The van der Waals surface area contributed by atoms with Crippen LogP contribution in [0.15, 0.2) is 23.4 Å². The van der Waals surface area contributed by atoms with E-state index >= 15 is 0 Å². The molecule has 1 aliphatic heterocycles. The number of nitrogens with one attached hydrogen (secondary N) is 2. The number of thioether (sulfide) groups is 1. The number of carbonyl (C=O) groups excluding carboxylic acids is 1. The maximum Gasteiger partial charge on any atom is 0.230 e. The number of hydrogen-bond donors (Lipinski definition) is 3. The summed E-state index contributed by atoms with van der Waals surface area (Å²) >= 11 is 1.38. The molecule has 0 radical (unpaired) electrons. The van der Waals surface area contributed by atoms with Gasteiger partial charge in [-0.1, -0.05) is 11.8 Å². The van der Waals surface area contributed by atoms with Gasteiger partial charge in [-0.15, -0.1) is 0 Å². The summed E-state index contributed by atoms with van der Waals surface area (Å²) in [5.74, 6) is 0.331. The number of carbonyl (C=O) groups is 1. The lowest BCUT2D eigenvalue weighted by atomic mass is 10.2. The zero-order valence-electron chi connectivity index (χ0n) is 11.6. The summed E-state index contributed by atoms with van der Waals surface area (Å²) in [5.41, 5.74) is 8.16. The van der Waals surface area contributed by atoms with Crippen LogP contribution in [0.5, 0.6) is 0 Å². The van der Waals surface area contributed by atoms with Gasteiger partial charge in [0.2, 0.25) is 5.91 Å². The minimum Gasteiger partial charge on any atom is -0.399 e. The zero-order valence-corrected chi connectivity index (χ0v) is 12.4. The lowest BCUT2D eigenvalue weighted by Gasteiger charge is -2.10. The first-order valence-electron chi connectivity index (χ1n) is 6.97. The molecule has 1 aromatic carbocycles. The summed E-state index contributed by atoms with van der Waals surface area (Å²) in [6, 6.07) is 5.51. The summed E-state index contributed by atoms with van der Waals surface area (Å²) in [7, 11) is 0. The van der Waals surface area contributed by atoms with Gasteiger partial charge in [0.1, 0.15) is 0 Å². The number of nitrogen functional groups attached to an aromatic ring is 1. The minimum atomic E-state index is -0.00419. The number of imidazole rings is 1. The smallest absolute Gasteiger partial charge is 0.230 e. The van der Waals surface area contributed by atoms with Crippen molar-refractivity contribution < 1.29 is 9.53 Å². The average Bonchev–Trinajstić information content (AvgIpc) is 3.11. The average molecular weight is 306 g/mol. The molecule has 1 amide bonds. The van der Waals surface area contributed by atoms with E-state index in [9.17, 15) is 4.79 Å². The predicted octanol–water partition coefficient (Wildman–Crippen LogP) is 1.53. The third kappa shape index (κ3) is 3.68. The molecular weight excluding hydrogens is 288 g/mol. The molecule has 7 heteroatoms. The molecule has 112 valence electrons. The van der Waals surface area contributed by atoms with E-state index in [1.165, 1.54) is 11.8 Å². The Hall–Kier alpha value is -1.73. The number of nitrogens with zero attached hydrogens (tertiary/aromatic N) is 1. The molecule has 1 aliphatic rings. The molecule has 1 unspecified atom stereocenters. The van der Waals surface area contributed by atoms with Crippen molar-refractivity contribution >= 4 is 34.4 Å². The first-order chi connectivity index (χ1) is 10.2. The number of H-pyrrole nitrogens is 1. The number of aromatic amines is 1. The summed E-state index contributed by atoms with van der Waals surface area (Å²) in [4.78, 5) is 19.4. The van der Waals surface area contributed by atoms with Gasteiger partial charge in [-0.25, -0.2) is 4.98 Å². The van der Waals surface area contributed by atoms with E-state index in [1.54, 1.807) is 0 Å². The lowest BCUT2D eigenvalue weighted by molar-refractivity contribution is -0.119. The normalized spacial score (nSPS) is 18.2. The highest BCUT2D eigenvalue weighted by molar-refractivity contribution is 7.99. The van der Waals surface area contributed by atoms with Gasteiger partial charge in [0.25, 0.3) is 0 Å². The summed E-state index contributed by atoms with van der Waals surface area (Å²) in [6.45, 7) is 1.40. The van der Waals surface area contributed by atoms with Gasteiger partial charge in [0.15, 0.2) is 5.16 Å². The van der Waals surface area contributed by atoms with Crippen LogP contribution >= 0.6 is 11.8 Å². The van der Waals surface area contributed by atoms with Gasteiger partial charge in [-0.05, 0) is 31.0 Å². The molecule has 2 aromatic rings. The Morgan fingerprint density at radius 1 is 1.57 bits per heavy atom. The quantitative estimate of drug-likeness (QED) is 0.575. The Kier molecular flexibility index (Phi) is 4.31. The molecule has 2 heterocycles. The number of fused-ring (bicyclic) bond motifs is 1. The zero-order chi connectivity index (χ0) is 14.7. The number of anilines is 1. The topological polar surface area (TPSA) is 93.0 Å². The second kappa shape index (κ2) is 6.36. The van der Waals surface area contributed by atoms with Crippen molar-refractivity contribution in [3.63, 3.8) is 0 Å². The summed E-state index contributed by atoms with van der Waals surface area (Å²) in [6.07, 6.45) is 2.28. The van der Waals surface area contributed by atoms with E-state index in [2.05, 4.69) is 15.3 Å². The molecule has 1 atom stereocenters. The SMILES string of the molecule is Nc1ccc2nc(SCC(=O)NCC3CCCO3)[nH]c2c1. The van der Waals surface area contributed by atoms with Crippen LogP contribution in [-0.4, -0.2) is 40.9 Å². The molecule has 21 heavy (non-hydrogen) atoms. The third-order valence-corrected chi connectivity index (χ3v) is 4.25. The monoisotopic (exact) mass is 306 g/mol. The van der Waals surface area contributed by atoms with Gasteiger partial charge in [-0.2, -0.15) is 0 Å². The number of aromatic nitrogens is 2. The van der Waals surface area contributed by atoms with Gasteiger partial charge >= 0.3 is 0 Å². The van der Waals surface area contributed by atoms with Crippen LogP contribution < -0.4 is 11.1 Å². The Morgan fingerprint density at radius 3 is 3.29 bits per heavy atom. The van der Waals surface area contributed by atoms with Crippen molar-refractivity contribution in [2.24, 2.45) is 0 Å². The van der Waals surface area contributed by atoms with Crippen molar-refractivity contribution in [1.82, 2.24) is 15.3 Å². The predicted molar refractivity (Wildman–Crippen MR) is 83.2 cm³/mol. The van der Waals surface area contributed by atoms with E-state index < -0.39 is 0 Å². The Bertz CT molecular complexity index is 637. The van der Waals surface area contributed by atoms with E-state index in [1.807, 2.05) is 18.2 Å². The number of rotatable bonds is 5. The van der Waals surface area contributed by atoms with E-state index in [0.29, 0.717) is 18.0 Å². The maximum atomic E-state index is 11.8. The van der Waals surface area contributed by atoms with Crippen molar-refractivity contribution in [3.05, 3.63) is 18.2 Å². The highest BCUT2D eigenvalue weighted by Crippen LogP contribution is 2.21. The lowest BCUT2D eigenvalue weighted by Crippen LogP contribution is -2.32. The van der Waals surface area contributed by atoms with Crippen molar-refractivity contribution in [1.29, 1.82) is 0 Å². The molecule has 6 nitrogen and oxygen atoms in total. The van der Waals surface area contributed by atoms with E-state index in [0.717, 1.165) is 35.6 Å². The molecule has 1 aromatic heterocycles. The number of hydrogen-bond acceptors (Lipinski definition) is 5. The van der Waals surface area contributed by atoms with Crippen LogP contribution in [-0.2, 0) is 9.53 Å². The second-order valence-electron chi connectivity index (χ2n) is 5.05. The van der Waals surface area contributed by atoms with Crippen molar-refractivity contribution in [2.45, 2.75) is 24.1 Å². The molecule has 3 rings (SSSR count). The molecule has 0 spiro atoms. The summed E-state index contributed by atoms with van der Waals surface area (Å²) < 4.78 is 5.47. The van der Waals surface area contributed by atoms with Crippen LogP contribution in [0.2, 0.25) is 0 Å². The standard InChI is InChI=1S/C14H18N4O2S/c15-9-3-4-11-12(6-9)18-14(17-11)21-8-13(19)16-7-10-2-1-5-20-10/h3-4,6,10H,1-2,5,7-8,15H2,(H,16,19)(H,17,18).